The number of hydrogen-bond acceptors (Lipinski definition) is 6. The molecule has 4 rings (SSSR count). The van der Waals surface area contributed by atoms with Crippen LogP contribution in [0, 0.1) is 0 Å². The van der Waals surface area contributed by atoms with Crippen LogP contribution in [0.5, 0.6) is 5.75 Å². The maximum Gasteiger partial charge on any atom is 0.338 e. The largest absolute Gasteiger partial charge is 0.487 e. The summed E-state index contributed by atoms with van der Waals surface area (Å²) in [6, 6.07) is 16.6. The van der Waals surface area contributed by atoms with Gasteiger partial charge in [0.25, 0.3) is 0 Å². The summed E-state index contributed by atoms with van der Waals surface area (Å²) in [6.07, 6.45) is 1.64. The van der Waals surface area contributed by atoms with E-state index in [1.165, 1.54) is 7.11 Å². The van der Waals surface area contributed by atoms with Gasteiger partial charge >= 0.3 is 5.97 Å². The number of furan rings is 1. The molecule has 0 saturated carbocycles. The SMILES string of the molecule is COC(=O)c1cccc(N2CC(Oc3ccc(CO)cc3)C2)c1-c1ccco1. The van der Waals surface area contributed by atoms with Crippen LogP contribution in [0.15, 0.2) is 65.3 Å². The van der Waals surface area contributed by atoms with Crippen molar-refractivity contribution in [1.82, 2.24) is 0 Å². The molecule has 2 heterocycles. The number of methoxy groups -OCH3 is 1. The Morgan fingerprint density at radius 3 is 2.57 bits per heavy atom. The zero-order valence-corrected chi connectivity index (χ0v) is 15.5. The highest BCUT2D eigenvalue weighted by molar-refractivity contribution is 6.00. The molecular weight excluding hydrogens is 358 g/mol. The van der Waals surface area contributed by atoms with Gasteiger partial charge in [-0.05, 0) is 42.0 Å². The van der Waals surface area contributed by atoms with Gasteiger partial charge in [0.1, 0.15) is 17.6 Å². The number of rotatable bonds is 6. The average molecular weight is 379 g/mol. The molecule has 0 bridgehead atoms. The fraction of sp³-hybridized carbons (Fsp3) is 0.227. The van der Waals surface area contributed by atoms with Crippen molar-refractivity contribution in [3.8, 4) is 17.1 Å². The molecule has 1 aliphatic rings. The van der Waals surface area contributed by atoms with Crippen LogP contribution < -0.4 is 9.64 Å². The molecule has 1 saturated heterocycles. The van der Waals surface area contributed by atoms with Gasteiger partial charge in [-0.15, -0.1) is 0 Å². The van der Waals surface area contributed by atoms with Crippen LogP contribution in [-0.4, -0.2) is 37.4 Å². The summed E-state index contributed by atoms with van der Waals surface area (Å²) in [4.78, 5) is 14.4. The van der Waals surface area contributed by atoms with E-state index < -0.39 is 5.97 Å². The summed E-state index contributed by atoms with van der Waals surface area (Å²) in [5.74, 6) is 1.00. The normalized spacial score (nSPS) is 13.9. The maximum atomic E-state index is 12.2. The van der Waals surface area contributed by atoms with E-state index in [9.17, 15) is 4.79 Å². The first-order valence-electron chi connectivity index (χ1n) is 9.06. The molecule has 144 valence electrons. The first-order chi connectivity index (χ1) is 13.7. The van der Waals surface area contributed by atoms with Crippen molar-refractivity contribution in [2.24, 2.45) is 0 Å². The van der Waals surface area contributed by atoms with Gasteiger partial charge in [-0.2, -0.15) is 0 Å². The van der Waals surface area contributed by atoms with Gasteiger partial charge in [-0.25, -0.2) is 4.79 Å². The Labute approximate surface area is 162 Å². The summed E-state index contributed by atoms with van der Waals surface area (Å²) in [6.45, 7) is 1.41. The third kappa shape index (κ3) is 3.46. The van der Waals surface area contributed by atoms with Crippen molar-refractivity contribution in [2.45, 2.75) is 12.7 Å². The minimum Gasteiger partial charge on any atom is -0.487 e. The monoisotopic (exact) mass is 379 g/mol. The molecule has 28 heavy (non-hydrogen) atoms. The van der Waals surface area contributed by atoms with E-state index in [-0.39, 0.29) is 12.7 Å². The maximum absolute atomic E-state index is 12.2. The summed E-state index contributed by atoms with van der Waals surface area (Å²) < 4.78 is 16.5. The fourth-order valence-electron chi connectivity index (χ4n) is 3.34. The minimum absolute atomic E-state index is 0.0174. The van der Waals surface area contributed by atoms with Crippen molar-refractivity contribution in [3.63, 3.8) is 0 Å². The van der Waals surface area contributed by atoms with Gasteiger partial charge in [0.15, 0.2) is 0 Å². The molecule has 1 aliphatic heterocycles. The Bertz CT molecular complexity index is 944. The number of benzene rings is 2. The molecule has 0 radical (unpaired) electrons. The lowest BCUT2D eigenvalue weighted by molar-refractivity contribution is 0.0601. The van der Waals surface area contributed by atoms with Crippen LogP contribution in [0.4, 0.5) is 5.69 Å². The van der Waals surface area contributed by atoms with E-state index in [1.807, 2.05) is 42.5 Å². The van der Waals surface area contributed by atoms with E-state index in [0.717, 1.165) is 22.6 Å². The van der Waals surface area contributed by atoms with Crippen molar-refractivity contribution in [2.75, 3.05) is 25.1 Å². The van der Waals surface area contributed by atoms with Crippen LogP contribution in [-0.2, 0) is 11.3 Å². The predicted octanol–water partition coefficient (Wildman–Crippen LogP) is 3.49. The van der Waals surface area contributed by atoms with Crippen molar-refractivity contribution >= 4 is 11.7 Å². The van der Waals surface area contributed by atoms with E-state index in [0.29, 0.717) is 24.4 Å². The van der Waals surface area contributed by atoms with Crippen LogP contribution in [0.2, 0.25) is 0 Å². The second-order valence-corrected chi connectivity index (χ2v) is 6.62. The lowest BCUT2D eigenvalue weighted by atomic mass is 9.99. The molecule has 6 nitrogen and oxygen atoms in total. The first kappa shape index (κ1) is 18.1. The highest BCUT2D eigenvalue weighted by Crippen LogP contribution is 2.37. The van der Waals surface area contributed by atoms with Crippen molar-refractivity contribution in [1.29, 1.82) is 0 Å². The highest BCUT2D eigenvalue weighted by atomic mass is 16.5. The topological polar surface area (TPSA) is 72.1 Å². The number of ether oxygens (including phenoxy) is 2. The number of carbonyl (C=O) groups excluding carboxylic acids is 1. The molecule has 3 aromatic rings. The Morgan fingerprint density at radius 1 is 1.14 bits per heavy atom. The molecule has 1 fully saturated rings. The molecule has 1 aromatic heterocycles. The highest BCUT2D eigenvalue weighted by Gasteiger charge is 2.32. The minimum atomic E-state index is -0.398. The van der Waals surface area contributed by atoms with Crippen LogP contribution in [0.25, 0.3) is 11.3 Å². The second kappa shape index (κ2) is 7.78. The van der Waals surface area contributed by atoms with Crippen molar-refractivity contribution in [3.05, 3.63) is 72.0 Å². The average Bonchev–Trinajstić information content (AvgIpc) is 3.24. The van der Waals surface area contributed by atoms with Gasteiger partial charge in [-0.1, -0.05) is 18.2 Å². The Balaban J connectivity index is 1.53. The van der Waals surface area contributed by atoms with E-state index in [1.54, 1.807) is 18.4 Å². The van der Waals surface area contributed by atoms with Gasteiger partial charge < -0.3 is 23.9 Å². The number of esters is 1. The molecule has 2 aromatic carbocycles. The van der Waals surface area contributed by atoms with Crippen LogP contribution in [0.1, 0.15) is 15.9 Å². The Morgan fingerprint density at radius 2 is 1.93 bits per heavy atom. The van der Waals surface area contributed by atoms with Gasteiger partial charge in [0, 0.05) is 5.69 Å². The standard InChI is InChI=1S/C22H21NO5/c1-26-22(25)18-4-2-5-19(21(18)20-6-3-11-27-20)23-12-17(13-23)28-16-9-7-15(14-24)8-10-16/h2-11,17,24H,12-14H2,1H3. The molecule has 0 amide bonds. The summed E-state index contributed by atoms with van der Waals surface area (Å²) >= 11 is 0. The zero-order chi connectivity index (χ0) is 19.5. The Hall–Kier alpha value is -3.25. The number of nitrogens with zero attached hydrogens (tertiary/aromatic N) is 1. The fourth-order valence-corrected chi connectivity index (χ4v) is 3.34. The van der Waals surface area contributed by atoms with E-state index in [2.05, 4.69) is 4.90 Å². The molecular formula is C22H21NO5. The summed E-state index contributed by atoms with van der Waals surface area (Å²) in [7, 11) is 1.37. The zero-order valence-electron chi connectivity index (χ0n) is 15.5. The molecule has 6 heteroatoms. The number of carbonyl (C=O) groups is 1. The predicted molar refractivity (Wildman–Crippen MR) is 104 cm³/mol. The Kier molecular flexibility index (Phi) is 5.04. The smallest absolute Gasteiger partial charge is 0.338 e. The molecule has 0 spiro atoms. The quantitative estimate of drug-likeness (QED) is 0.661. The number of aliphatic hydroxyl groups is 1. The molecule has 0 unspecified atom stereocenters. The number of anilines is 1. The van der Waals surface area contributed by atoms with Crippen LogP contribution in [0.3, 0.4) is 0 Å². The first-order valence-corrected chi connectivity index (χ1v) is 9.06. The second-order valence-electron chi connectivity index (χ2n) is 6.62. The number of hydrogen-bond donors (Lipinski definition) is 1. The third-order valence-corrected chi connectivity index (χ3v) is 4.81. The van der Waals surface area contributed by atoms with E-state index in [4.69, 9.17) is 19.0 Å². The van der Waals surface area contributed by atoms with Gasteiger partial charge in [-0.3, -0.25) is 0 Å². The summed E-state index contributed by atoms with van der Waals surface area (Å²) in [5, 5.41) is 9.12. The summed E-state index contributed by atoms with van der Waals surface area (Å²) in [5.41, 5.74) is 2.96. The third-order valence-electron chi connectivity index (χ3n) is 4.81. The van der Waals surface area contributed by atoms with Crippen LogP contribution >= 0.6 is 0 Å². The number of aliphatic hydroxyl groups excluding tert-OH is 1. The van der Waals surface area contributed by atoms with Gasteiger partial charge in [0.05, 0.1) is 44.2 Å². The lowest BCUT2D eigenvalue weighted by Gasteiger charge is -2.41. The van der Waals surface area contributed by atoms with Gasteiger partial charge in [0.2, 0.25) is 0 Å². The molecule has 0 atom stereocenters. The lowest BCUT2D eigenvalue weighted by Crippen LogP contribution is -2.54. The van der Waals surface area contributed by atoms with E-state index >= 15 is 0 Å². The molecule has 1 N–H and O–H groups in total. The molecule has 0 aliphatic carbocycles. The van der Waals surface area contributed by atoms with Crippen molar-refractivity contribution < 1.29 is 23.8 Å².